The van der Waals surface area contributed by atoms with Gasteiger partial charge in [0.1, 0.15) is 11.9 Å². The molecule has 0 heterocycles. The van der Waals surface area contributed by atoms with Gasteiger partial charge in [0.25, 0.3) is 0 Å². The SMILES string of the molecule is C\C=N/C(=C\C=C\CC)/N=C(N)\C=C(/N)C1CCC(OC(=O)NC2(C)CC2)C1. The van der Waals surface area contributed by atoms with Crippen molar-refractivity contribution in [2.24, 2.45) is 27.4 Å². The Balaban J connectivity index is 1.91. The zero-order valence-electron chi connectivity index (χ0n) is 17.1. The van der Waals surface area contributed by atoms with Gasteiger partial charge in [-0.3, -0.25) is 0 Å². The first-order chi connectivity index (χ1) is 13.3. The van der Waals surface area contributed by atoms with Crippen LogP contribution in [0, 0.1) is 5.92 Å². The lowest BCUT2D eigenvalue weighted by Crippen LogP contribution is -2.36. The summed E-state index contributed by atoms with van der Waals surface area (Å²) in [5.41, 5.74) is 12.8. The molecule has 154 valence electrons. The summed E-state index contributed by atoms with van der Waals surface area (Å²) in [6.07, 6.45) is 13.9. The minimum Gasteiger partial charge on any atom is -0.446 e. The van der Waals surface area contributed by atoms with E-state index in [0.717, 1.165) is 32.1 Å². The van der Waals surface area contributed by atoms with Crippen LogP contribution in [-0.2, 0) is 4.74 Å². The largest absolute Gasteiger partial charge is 0.446 e. The summed E-state index contributed by atoms with van der Waals surface area (Å²) in [5.74, 6) is 0.958. The third-order valence-electron chi connectivity index (χ3n) is 4.97. The van der Waals surface area contributed by atoms with Gasteiger partial charge in [0.05, 0.1) is 0 Å². The molecular formula is C21H33N5O2. The monoisotopic (exact) mass is 387 g/mol. The smallest absolute Gasteiger partial charge is 0.407 e. The number of amidine groups is 1. The van der Waals surface area contributed by atoms with Gasteiger partial charge in [-0.2, -0.15) is 0 Å². The number of ether oxygens (including phenoxy) is 1. The molecule has 0 radical (unpaired) electrons. The van der Waals surface area contributed by atoms with Gasteiger partial charge in [0.15, 0.2) is 5.82 Å². The van der Waals surface area contributed by atoms with Crippen LogP contribution in [0.5, 0.6) is 0 Å². The second-order valence-electron chi connectivity index (χ2n) is 7.65. The van der Waals surface area contributed by atoms with Gasteiger partial charge in [-0.15, -0.1) is 0 Å². The highest BCUT2D eigenvalue weighted by Gasteiger charge is 2.40. The van der Waals surface area contributed by atoms with Crippen LogP contribution in [0.4, 0.5) is 4.79 Å². The van der Waals surface area contributed by atoms with E-state index in [1.165, 1.54) is 0 Å². The van der Waals surface area contributed by atoms with E-state index in [1.807, 2.05) is 26.0 Å². The first kappa shape index (κ1) is 21.7. The van der Waals surface area contributed by atoms with Crippen molar-refractivity contribution in [1.29, 1.82) is 0 Å². The van der Waals surface area contributed by atoms with Crippen molar-refractivity contribution in [3.05, 3.63) is 35.8 Å². The van der Waals surface area contributed by atoms with E-state index in [9.17, 15) is 4.79 Å². The number of aliphatic imine (C=N–C) groups is 2. The lowest BCUT2D eigenvalue weighted by molar-refractivity contribution is 0.0960. The number of hydrogen-bond acceptors (Lipinski definition) is 5. The number of rotatable bonds is 8. The van der Waals surface area contributed by atoms with Crippen molar-refractivity contribution < 1.29 is 9.53 Å². The number of amides is 1. The fraction of sp³-hybridized carbons (Fsp3) is 0.571. The van der Waals surface area contributed by atoms with Gasteiger partial charge in [0, 0.05) is 23.4 Å². The number of hydrogen-bond donors (Lipinski definition) is 3. The number of nitrogens with one attached hydrogen (secondary N) is 1. The molecule has 2 rings (SSSR count). The van der Waals surface area contributed by atoms with Gasteiger partial charge in [0.2, 0.25) is 0 Å². The highest BCUT2D eigenvalue weighted by molar-refractivity contribution is 5.92. The highest BCUT2D eigenvalue weighted by atomic mass is 16.6. The Labute approximate surface area is 167 Å². The average molecular weight is 388 g/mol. The van der Waals surface area contributed by atoms with Crippen LogP contribution < -0.4 is 16.8 Å². The summed E-state index contributed by atoms with van der Waals surface area (Å²) in [4.78, 5) is 20.5. The summed E-state index contributed by atoms with van der Waals surface area (Å²) < 4.78 is 5.53. The number of carbonyl (C=O) groups is 1. The molecule has 0 aromatic carbocycles. The third kappa shape index (κ3) is 7.21. The standard InChI is InChI=1S/C21H33N5O2/c1-4-6-7-8-19(24-5-2)25-18(23)14-17(22)15-9-10-16(13-15)28-20(27)26-21(3)11-12-21/h5-8,14-16H,4,9-13,22H2,1-3H3,(H2,23,25)(H,26,27)/b7-6+,17-14-,19-8+,24-5-. The molecular weight excluding hydrogens is 354 g/mol. The van der Waals surface area contributed by atoms with Gasteiger partial charge in [-0.1, -0.05) is 19.1 Å². The Morgan fingerprint density at radius 2 is 2.07 bits per heavy atom. The van der Waals surface area contributed by atoms with E-state index in [-0.39, 0.29) is 23.7 Å². The van der Waals surface area contributed by atoms with Gasteiger partial charge in [-0.25, -0.2) is 14.8 Å². The van der Waals surface area contributed by atoms with Crippen LogP contribution in [0.25, 0.3) is 0 Å². The summed E-state index contributed by atoms with van der Waals surface area (Å²) in [7, 11) is 0. The minimum atomic E-state index is -0.332. The van der Waals surface area contributed by atoms with E-state index in [1.54, 1.807) is 18.4 Å². The first-order valence-electron chi connectivity index (χ1n) is 10.0. The van der Waals surface area contributed by atoms with E-state index in [2.05, 4.69) is 22.2 Å². The topological polar surface area (TPSA) is 115 Å². The number of alkyl carbamates (subject to hydrolysis) is 1. The molecule has 0 aromatic heterocycles. The zero-order chi connectivity index (χ0) is 20.6. The molecule has 28 heavy (non-hydrogen) atoms. The van der Waals surface area contributed by atoms with Crippen molar-refractivity contribution in [1.82, 2.24) is 5.32 Å². The van der Waals surface area contributed by atoms with Crippen LogP contribution in [0.1, 0.15) is 59.3 Å². The molecule has 0 saturated heterocycles. The first-order valence-corrected chi connectivity index (χ1v) is 10.0. The van der Waals surface area contributed by atoms with E-state index in [4.69, 9.17) is 16.2 Å². The molecule has 1 amide bonds. The van der Waals surface area contributed by atoms with Crippen molar-refractivity contribution >= 4 is 18.1 Å². The quantitative estimate of drug-likeness (QED) is 0.336. The molecule has 2 unspecified atom stereocenters. The van der Waals surface area contributed by atoms with Crippen LogP contribution in [0.3, 0.4) is 0 Å². The summed E-state index contributed by atoms with van der Waals surface area (Å²) in [5, 5.41) is 2.92. The molecule has 2 atom stereocenters. The molecule has 2 fully saturated rings. The van der Waals surface area contributed by atoms with Crippen molar-refractivity contribution in [2.75, 3.05) is 0 Å². The van der Waals surface area contributed by atoms with Crippen molar-refractivity contribution in [3.8, 4) is 0 Å². The Morgan fingerprint density at radius 3 is 2.71 bits per heavy atom. The van der Waals surface area contributed by atoms with Crippen LogP contribution in [0.2, 0.25) is 0 Å². The predicted molar refractivity (Wildman–Crippen MR) is 114 cm³/mol. The zero-order valence-corrected chi connectivity index (χ0v) is 17.1. The third-order valence-corrected chi connectivity index (χ3v) is 4.97. The van der Waals surface area contributed by atoms with Crippen molar-refractivity contribution in [3.63, 3.8) is 0 Å². The van der Waals surface area contributed by atoms with Gasteiger partial charge >= 0.3 is 6.09 Å². The molecule has 2 aliphatic rings. The lowest BCUT2D eigenvalue weighted by Gasteiger charge is -2.16. The Hall–Kier alpha value is -2.57. The van der Waals surface area contributed by atoms with Gasteiger partial charge in [-0.05, 0) is 64.5 Å². The highest BCUT2D eigenvalue weighted by Crippen LogP contribution is 2.35. The molecule has 0 spiro atoms. The number of carbonyl (C=O) groups excluding carboxylic acids is 1. The Bertz CT molecular complexity index is 702. The summed E-state index contributed by atoms with van der Waals surface area (Å²) >= 11 is 0. The average Bonchev–Trinajstić information content (AvgIpc) is 3.15. The number of nitrogens with zero attached hydrogens (tertiary/aromatic N) is 2. The van der Waals surface area contributed by atoms with Crippen molar-refractivity contribution in [2.45, 2.75) is 70.9 Å². The number of nitrogens with two attached hydrogens (primary N) is 2. The molecule has 2 saturated carbocycles. The normalized spacial score (nSPS) is 25.5. The minimum absolute atomic E-state index is 0.0720. The Kier molecular flexibility index (Phi) is 7.84. The summed E-state index contributed by atoms with van der Waals surface area (Å²) in [6, 6.07) is 0. The number of allylic oxidation sites excluding steroid dienone is 4. The maximum absolute atomic E-state index is 12.0. The van der Waals surface area contributed by atoms with Crippen LogP contribution in [-0.4, -0.2) is 29.8 Å². The lowest BCUT2D eigenvalue weighted by atomic mass is 10.0. The Morgan fingerprint density at radius 1 is 1.32 bits per heavy atom. The van der Waals surface area contributed by atoms with Crippen LogP contribution >= 0.6 is 0 Å². The molecule has 7 nitrogen and oxygen atoms in total. The maximum Gasteiger partial charge on any atom is 0.407 e. The summed E-state index contributed by atoms with van der Waals surface area (Å²) in [6.45, 7) is 5.91. The maximum atomic E-state index is 12.0. The van der Waals surface area contributed by atoms with E-state index < -0.39 is 0 Å². The predicted octanol–water partition coefficient (Wildman–Crippen LogP) is 3.53. The molecule has 2 aliphatic carbocycles. The molecule has 0 bridgehead atoms. The fourth-order valence-electron chi connectivity index (χ4n) is 3.07. The van der Waals surface area contributed by atoms with Crippen LogP contribution in [0.15, 0.2) is 45.8 Å². The van der Waals surface area contributed by atoms with E-state index in [0.29, 0.717) is 23.8 Å². The molecule has 0 aliphatic heterocycles. The van der Waals surface area contributed by atoms with Gasteiger partial charge < -0.3 is 21.5 Å². The fourth-order valence-corrected chi connectivity index (χ4v) is 3.07. The van der Waals surface area contributed by atoms with E-state index >= 15 is 0 Å². The molecule has 7 heteroatoms. The molecule has 0 aromatic rings. The molecule has 5 N–H and O–H groups in total. The second-order valence-corrected chi connectivity index (χ2v) is 7.65. The second kappa shape index (κ2) is 10.1.